The van der Waals surface area contributed by atoms with Gasteiger partial charge in [0.05, 0.1) is 0 Å². The fourth-order valence-electron chi connectivity index (χ4n) is 3.78. The van der Waals surface area contributed by atoms with Gasteiger partial charge >= 0.3 is 0 Å². The summed E-state index contributed by atoms with van der Waals surface area (Å²) in [5, 5.41) is 0. The van der Waals surface area contributed by atoms with Gasteiger partial charge in [0.2, 0.25) is 0 Å². The number of hydrogen-bond donors (Lipinski definition) is 0. The van der Waals surface area contributed by atoms with Gasteiger partial charge in [0.25, 0.3) is 0 Å². The summed E-state index contributed by atoms with van der Waals surface area (Å²) in [6, 6.07) is 24.0. The molecule has 2 heterocycles. The number of fused-ring (bicyclic) bond motifs is 1. The minimum atomic E-state index is 0.987. The van der Waals surface area contributed by atoms with E-state index >= 15 is 0 Å². The first kappa shape index (κ1) is 15.2. The summed E-state index contributed by atoms with van der Waals surface area (Å²) in [6.07, 6.45) is 1.14. The molecule has 2 heteroatoms. The number of aryl methyl sites for hydroxylation is 1. The van der Waals surface area contributed by atoms with Gasteiger partial charge in [0.1, 0.15) is 0 Å². The molecule has 0 aliphatic carbocycles. The second kappa shape index (κ2) is 6.66. The van der Waals surface area contributed by atoms with Crippen LogP contribution >= 0.6 is 0 Å². The molecule has 1 aromatic heterocycles. The Morgan fingerprint density at radius 2 is 1.46 bits per heavy atom. The molecule has 122 valence electrons. The van der Waals surface area contributed by atoms with E-state index in [0.717, 1.165) is 32.6 Å². The number of aromatic nitrogens is 1. The van der Waals surface area contributed by atoms with E-state index in [4.69, 9.17) is 0 Å². The molecule has 0 fully saturated rings. The zero-order chi connectivity index (χ0) is 16.4. The summed E-state index contributed by atoms with van der Waals surface area (Å²) in [6.45, 7) is 6.47. The summed E-state index contributed by atoms with van der Waals surface area (Å²) >= 11 is 0. The molecule has 2 aromatic carbocycles. The van der Waals surface area contributed by atoms with Gasteiger partial charge in [-0.1, -0.05) is 60.7 Å². The molecule has 1 aliphatic rings. The van der Waals surface area contributed by atoms with Gasteiger partial charge in [-0.3, -0.25) is 4.90 Å². The molecule has 0 saturated heterocycles. The average Bonchev–Trinajstić information content (AvgIpc) is 2.92. The van der Waals surface area contributed by atoms with E-state index in [0.29, 0.717) is 0 Å². The molecule has 1 aliphatic heterocycles. The van der Waals surface area contributed by atoms with Crippen LogP contribution in [0.2, 0.25) is 0 Å². The first-order valence-corrected chi connectivity index (χ1v) is 8.78. The van der Waals surface area contributed by atoms with Crippen LogP contribution in [0.15, 0.2) is 66.7 Å². The van der Waals surface area contributed by atoms with Crippen LogP contribution in [0.3, 0.4) is 0 Å². The normalized spacial score (nSPS) is 14.5. The Kier molecular flexibility index (Phi) is 4.22. The monoisotopic (exact) mass is 316 g/mol. The van der Waals surface area contributed by atoms with Crippen molar-refractivity contribution in [2.24, 2.45) is 0 Å². The largest absolute Gasteiger partial charge is 0.344 e. The summed E-state index contributed by atoms with van der Waals surface area (Å²) < 4.78 is 2.50. The molecule has 3 aromatic rings. The second-order valence-corrected chi connectivity index (χ2v) is 6.78. The minimum Gasteiger partial charge on any atom is -0.344 e. The van der Waals surface area contributed by atoms with E-state index in [1.165, 1.54) is 28.1 Å². The van der Waals surface area contributed by atoms with Crippen LogP contribution in [-0.4, -0.2) is 16.0 Å². The second-order valence-electron chi connectivity index (χ2n) is 6.78. The molecule has 0 N–H and O–H groups in total. The van der Waals surface area contributed by atoms with Gasteiger partial charge in [0.15, 0.2) is 0 Å². The maximum atomic E-state index is 2.56. The highest BCUT2D eigenvalue weighted by Crippen LogP contribution is 2.25. The maximum absolute atomic E-state index is 2.56. The van der Waals surface area contributed by atoms with Crippen molar-refractivity contribution < 1.29 is 0 Å². The lowest BCUT2D eigenvalue weighted by molar-refractivity contribution is 0.242. The molecule has 0 radical (unpaired) electrons. The molecule has 24 heavy (non-hydrogen) atoms. The Morgan fingerprint density at radius 3 is 2.12 bits per heavy atom. The summed E-state index contributed by atoms with van der Waals surface area (Å²) in [5.74, 6) is 0. The smallest absolute Gasteiger partial charge is 0.0475 e. The third kappa shape index (κ3) is 3.15. The Morgan fingerprint density at radius 1 is 0.833 bits per heavy atom. The van der Waals surface area contributed by atoms with Crippen LogP contribution in [0, 0.1) is 6.92 Å². The van der Waals surface area contributed by atoms with Crippen LogP contribution in [0.4, 0.5) is 0 Å². The molecule has 4 rings (SSSR count). The Hall–Kier alpha value is -2.32. The Bertz CT molecular complexity index is 803. The molecular formula is C22H24N2. The minimum absolute atomic E-state index is 0.987. The van der Waals surface area contributed by atoms with Gasteiger partial charge in [-0.25, -0.2) is 0 Å². The maximum Gasteiger partial charge on any atom is 0.0475 e. The van der Waals surface area contributed by atoms with E-state index in [9.17, 15) is 0 Å². The van der Waals surface area contributed by atoms with E-state index in [1.807, 2.05) is 0 Å². The zero-order valence-electron chi connectivity index (χ0n) is 14.3. The molecule has 0 amide bonds. The van der Waals surface area contributed by atoms with Crippen molar-refractivity contribution in [1.82, 2.24) is 9.47 Å². The van der Waals surface area contributed by atoms with Crippen molar-refractivity contribution in [2.45, 2.75) is 33.0 Å². The van der Waals surface area contributed by atoms with Gasteiger partial charge in [-0.2, -0.15) is 0 Å². The Labute approximate surface area is 144 Å². The fraction of sp³-hybridized carbons (Fsp3) is 0.273. The lowest BCUT2D eigenvalue weighted by Gasteiger charge is -2.28. The van der Waals surface area contributed by atoms with Crippen molar-refractivity contribution in [3.05, 3.63) is 94.8 Å². The van der Waals surface area contributed by atoms with Crippen LogP contribution in [0.25, 0.3) is 0 Å². The lowest BCUT2D eigenvalue weighted by atomic mass is 10.1. The summed E-state index contributed by atoms with van der Waals surface area (Å²) in [5.41, 5.74) is 7.20. The Balaban J connectivity index is 1.52. The van der Waals surface area contributed by atoms with Crippen molar-refractivity contribution in [1.29, 1.82) is 0 Å². The highest BCUT2D eigenvalue weighted by Gasteiger charge is 2.21. The lowest BCUT2D eigenvalue weighted by Crippen LogP contribution is -2.30. The van der Waals surface area contributed by atoms with Crippen molar-refractivity contribution in [3.8, 4) is 0 Å². The zero-order valence-corrected chi connectivity index (χ0v) is 14.3. The number of nitrogens with zero attached hydrogens (tertiary/aromatic N) is 2. The van der Waals surface area contributed by atoms with Gasteiger partial charge in [0, 0.05) is 44.0 Å². The quantitative estimate of drug-likeness (QED) is 0.692. The highest BCUT2D eigenvalue weighted by molar-refractivity contribution is 5.31. The third-order valence-electron chi connectivity index (χ3n) is 5.00. The van der Waals surface area contributed by atoms with E-state index in [-0.39, 0.29) is 0 Å². The fourth-order valence-corrected chi connectivity index (χ4v) is 3.78. The summed E-state index contributed by atoms with van der Waals surface area (Å²) in [7, 11) is 0. The molecule has 0 unspecified atom stereocenters. The number of rotatable bonds is 4. The number of hydrogen-bond acceptors (Lipinski definition) is 1. The van der Waals surface area contributed by atoms with Crippen LogP contribution < -0.4 is 0 Å². The molecule has 0 bridgehead atoms. The highest BCUT2D eigenvalue weighted by atomic mass is 15.1. The van der Waals surface area contributed by atoms with Crippen molar-refractivity contribution >= 4 is 0 Å². The van der Waals surface area contributed by atoms with E-state index < -0.39 is 0 Å². The molecule has 2 nitrogen and oxygen atoms in total. The van der Waals surface area contributed by atoms with Crippen molar-refractivity contribution in [3.63, 3.8) is 0 Å². The van der Waals surface area contributed by atoms with Gasteiger partial charge < -0.3 is 4.57 Å². The van der Waals surface area contributed by atoms with E-state index in [2.05, 4.69) is 83.1 Å². The van der Waals surface area contributed by atoms with E-state index in [1.54, 1.807) is 0 Å². The summed E-state index contributed by atoms with van der Waals surface area (Å²) in [4.78, 5) is 2.56. The number of benzene rings is 2. The topological polar surface area (TPSA) is 8.17 Å². The third-order valence-corrected chi connectivity index (χ3v) is 5.00. The molecule has 0 saturated carbocycles. The van der Waals surface area contributed by atoms with Crippen LogP contribution in [0.5, 0.6) is 0 Å². The first-order valence-electron chi connectivity index (χ1n) is 8.78. The van der Waals surface area contributed by atoms with Gasteiger partial charge in [-0.05, 0) is 29.7 Å². The average molecular weight is 316 g/mol. The predicted molar refractivity (Wildman–Crippen MR) is 99.0 cm³/mol. The molecule has 0 spiro atoms. The van der Waals surface area contributed by atoms with Gasteiger partial charge in [-0.15, -0.1) is 0 Å². The predicted octanol–water partition coefficient (Wildman–Crippen LogP) is 4.40. The molecular weight excluding hydrogens is 292 g/mol. The van der Waals surface area contributed by atoms with Crippen molar-refractivity contribution in [2.75, 3.05) is 6.54 Å². The SMILES string of the molecule is Cc1cc2c(n1Cc1ccccc1)CCN(Cc1ccccc1)C2. The first-order chi connectivity index (χ1) is 11.8. The van der Waals surface area contributed by atoms with Crippen LogP contribution in [-0.2, 0) is 26.1 Å². The standard InChI is InChI=1S/C22H24N2/c1-18-14-21-17-23(15-19-8-4-2-5-9-19)13-12-22(21)24(18)16-20-10-6-3-7-11-20/h2-11,14H,12-13,15-17H2,1H3. The molecule has 0 atom stereocenters. The van der Waals surface area contributed by atoms with Crippen LogP contribution in [0.1, 0.15) is 28.1 Å².